The fourth-order valence-corrected chi connectivity index (χ4v) is 1.44. The van der Waals surface area contributed by atoms with E-state index in [1.807, 2.05) is 0 Å². The van der Waals surface area contributed by atoms with Crippen molar-refractivity contribution in [2.75, 3.05) is 20.3 Å². The van der Waals surface area contributed by atoms with Gasteiger partial charge in [-0.2, -0.15) is 0 Å². The van der Waals surface area contributed by atoms with E-state index < -0.39 is 27.5 Å². The summed E-state index contributed by atoms with van der Waals surface area (Å²) in [6, 6.07) is -0.162. The molecule has 0 fully saturated rings. The summed E-state index contributed by atoms with van der Waals surface area (Å²) in [5.41, 5.74) is 0. The number of rotatable bonds is 6. The van der Waals surface area contributed by atoms with Gasteiger partial charge >= 0.3 is 15.0 Å². The van der Waals surface area contributed by atoms with Crippen LogP contribution in [-0.2, 0) is 14.3 Å². The van der Waals surface area contributed by atoms with Gasteiger partial charge in [-0.15, -0.1) is 0 Å². The zero-order chi connectivity index (χ0) is 12.6. The van der Waals surface area contributed by atoms with E-state index in [9.17, 15) is 9.59 Å². The van der Waals surface area contributed by atoms with Crippen molar-refractivity contribution < 1.29 is 33.4 Å². The Kier molecular flexibility index (Phi) is 6.65. The van der Waals surface area contributed by atoms with Crippen molar-refractivity contribution >= 4 is 20.9 Å². The lowest BCUT2D eigenvalue weighted by atomic mass is 10.4. The molecule has 0 radical (unpaired) electrons. The SMILES string of the molecule is COC(=O)OCC(=O)NCCC[Si](O)(O)O. The number of methoxy groups -OCH3 is 1. The number of amides is 1. The van der Waals surface area contributed by atoms with Crippen molar-refractivity contribution in [3.8, 4) is 0 Å². The van der Waals surface area contributed by atoms with Crippen molar-refractivity contribution in [3.63, 3.8) is 0 Å². The molecule has 1 amide bonds. The molecule has 0 saturated heterocycles. The molecule has 0 heterocycles. The number of nitrogens with one attached hydrogen (secondary N) is 1. The van der Waals surface area contributed by atoms with Crippen molar-refractivity contribution in [3.05, 3.63) is 0 Å². The van der Waals surface area contributed by atoms with Gasteiger partial charge in [-0.25, -0.2) is 4.79 Å². The first-order valence-corrected chi connectivity index (χ1v) is 6.54. The summed E-state index contributed by atoms with van der Waals surface area (Å²) in [4.78, 5) is 47.4. The molecule has 0 spiro atoms. The van der Waals surface area contributed by atoms with Crippen LogP contribution in [0.1, 0.15) is 6.42 Å². The van der Waals surface area contributed by atoms with E-state index in [1.165, 1.54) is 0 Å². The second-order valence-electron chi connectivity index (χ2n) is 2.97. The Bertz CT molecular complexity index is 239. The van der Waals surface area contributed by atoms with Crippen LogP contribution in [0.15, 0.2) is 0 Å². The van der Waals surface area contributed by atoms with E-state index in [2.05, 4.69) is 14.8 Å². The number of hydrogen-bond acceptors (Lipinski definition) is 7. The van der Waals surface area contributed by atoms with Crippen LogP contribution in [0, 0.1) is 0 Å². The minimum Gasteiger partial charge on any atom is -0.438 e. The lowest BCUT2D eigenvalue weighted by Crippen LogP contribution is -2.36. The summed E-state index contributed by atoms with van der Waals surface area (Å²) in [5.74, 6) is -0.536. The van der Waals surface area contributed by atoms with Crippen LogP contribution in [0.5, 0.6) is 0 Å². The summed E-state index contributed by atoms with van der Waals surface area (Å²) in [7, 11) is -2.91. The van der Waals surface area contributed by atoms with E-state index in [-0.39, 0.29) is 19.0 Å². The third-order valence-corrected chi connectivity index (χ3v) is 2.52. The molecule has 0 aliphatic rings. The zero-order valence-electron chi connectivity index (χ0n) is 8.80. The van der Waals surface area contributed by atoms with Crippen molar-refractivity contribution in [2.45, 2.75) is 12.5 Å². The third kappa shape index (κ3) is 9.39. The van der Waals surface area contributed by atoms with Crippen LogP contribution in [0.3, 0.4) is 0 Å². The highest BCUT2D eigenvalue weighted by molar-refractivity contribution is 6.56. The Morgan fingerprint density at radius 1 is 1.31 bits per heavy atom. The largest absolute Gasteiger partial charge is 0.508 e. The molecule has 0 aliphatic carbocycles. The first-order valence-electron chi connectivity index (χ1n) is 4.49. The van der Waals surface area contributed by atoms with Gasteiger partial charge in [0.15, 0.2) is 6.61 Å². The van der Waals surface area contributed by atoms with Crippen LogP contribution in [0.25, 0.3) is 0 Å². The summed E-state index contributed by atoms with van der Waals surface area (Å²) in [6.45, 7) is -0.313. The van der Waals surface area contributed by atoms with Crippen LogP contribution in [0.4, 0.5) is 4.79 Å². The fourth-order valence-electron chi connectivity index (χ4n) is 0.788. The number of hydrogen-bond donors (Lipinski definition) is 4. The molecule has 0 aromatic carbocycles. The van der Waals surface area contributed by atoms with Crippen LogP contribution < -0.4 is 5.32 Å². The monoisotopic (exact) mass is 253 g/mol. The summed E-state index contributed by atoms with van der Waals surface area (Å²) in [5, 5.41) is 2.35. The minimum atomic E-state index is -4.03. The average Bonchev–Trinajstić information content (AvgIpc) is 2.19. The van der Waals surface area contributed by atoms with Gasteiger partial charge < -0.3 is 29.2 Å². The second kappa shape index (κ2) is 7.17. The lowest BCUT2D eigenvalue weighted by molar-refractivity contribution is -0.124. The van der Waals surface area contributed by atoms with Gasteiger partial charge in [-0.3, -0.25) is 4.79 Å². The molecular formula is C7H15NO7Si. The molecule has 94 valence electrons. The first kappa shape index (κ1) is 14.8. The predicted octanol–water partition coefficient (Wildman–Crippen LogP) is -1.81. The summed E-state index contributed by atoms with van der Waals surface area (Å²) < 4.78 is 8.47. The van der Waals surface area contributed by atoms with E-state index in [0.717, 1.165) is 7.11 Å². The molecule has 0 saturated carbocycles. The maximum absolute atomic E-state index is 11.0. The van der Waals surface area contributed by atoms with E-state index in [1.54, 1.807) is 0 Å². The highest BCUT2D eigenvalue weighted by Gasteiger charge is 2.25. The topological polar surface area (TPSA) is 125 Å². The molecule has 0 rings (SSSR count). The fraction of sp³-hybridized carbons (Fsp3) is 0.714. The Morgan fingerprint density at radius 3 is 2.44 bits per heavy atom. The van der Waals surface area contributed by atoms with Crippen LogP contribution >= 0.6 is 0 Å². The third-order valence-electron chi connectivity index (χ3n) is 1.50. The van der Waals surface area contributed by atoms with Gasteiger partial charge in [-0.1, -0.05) is 0 Å². The lowest BCUT2D eigenvalue weighted by Gasteiger charge is -2.09. The average molecular weight is 253 g/mol. The maximum Gasteiger partial charge on any atom is 0.508 e. The molecule has 0 aliphatic heterocycles. The Hall–Kier alpha value is -1.16. The van der Waals surface area contributed by atoms with E-state index in [0.29, 0.717) is 0 Å². The van der Waals surface area contributed by atoms with Crippen molar-refractivity contribution in [1.29, 1.82) is 0 Å². The normalized spacial score (nSPS) is 10.8. The Balaban J connectivity index is 3.48. The minimum absolute atomic E-state index is 0.153. The maximum atomic E-state index is 11.0. The van der Waals surface area contributed by atoms with Gasteiger partial charge in [0.2, 0.25) is 0 Å². The van der Waals surface area contributed by atoms with Crippen LogP contribution in [-0.4, -0.2) is 55.5 Å². The predicted molar refractivity (Wildman–Crippen MR) is 53.2 cm³/mol. The Labute approximate surface area is 93.2 Å². The van der Waals surface area contributed by atoms with Gasteiger partial charge in [0, 0.05) is 12.6 Å². The van der Waals surface area contributed by atoms with Crippen molar-refractivity contribution in [2.24, 2.45) is 0 Å². The standard InChI is InChI=1S/C7H15NO7Si/c1-14-7(10)15-5-6(9)8-3-2-4-16(11,12)13/h11-13H,2-5H2,1H3,(H,8,9). The molecule has 0 atom stereocenters. The van der Waals surface area contributed by atoms with Gasteiger partial charge in [0.05, 0.1) is 7.11 Å². The summed E-state index contributed by atoms with van der Waals surface area (Å²) in [6.07, 6.45) is -0.734. The first-order chi connectivity index (χ1) is 7.35. The Morgan fingerprint density at radius 2 is 1.94 bits per heavy atom. The van der Waals surface area contributed by atoms with Crippen LogP contribution in [0.2, 0.25) is 6.04 Å². The molecule has 0 aromatic heterocycles. The number of ether oxygens (including phenoxy) is 2. The summed E-state index contributed by atoms with van der Waals surface area (Å²) >= 11 is 0. The highest BCUT2D eigenvalue weighted by atomic mass is 28.4. The molecular weight excluding hydrogens is 238 g/mol. The van der Waals surface area contributed by atoms with E-state index >= 15 is 0 Å². The van der Waals surface area contributed by atoms with Crippen molar-refractivity contribution in [1.82, 2.24) is 5.32 Å². The van der Waals surface area contributed by atoms with Gasteiger partial charge in [0.1, 0.15) is 0 Å². The number of carbonyl (C=O) groups excluding carboxylic acids is 2. The molecule has 4 N–H and O–H groups in total. The molecule has 9 heteroatoms. The number of carbonyl (C=O) groups is 2. The molecule has 8 nitrogen and oxygen atoms in total. The second-order valence-corrected chi connectivity index (χ2v) is 5.02. The highest BCUT2D eigenvalue weighted by Crippen LogP contribution is 1.99. The van der Waals surface area contributed by atoms with Gasteiger partial charge in [-0.05, 0) is 6.42 Å². The van der Waals surface area contributed by atoms with E-state index in [4.69, 9.17) is 14.4 Å². The molecule has 0 aromatic rings. The molecule has 0 bridgehead atoms. The molecule has 0 unspecified atom stereocenters. The smallest absolute Gasteiger partial charge is 0.438 e. The van der Waals surface area contributed by atoms with Gasteiger partial charge in [0.25, 0.3) is 5.91 Å². The quantitative estimate of drug-likeness (QED) is 0.250. The zero-order valence-corrected chi connectivity index (χ0v) is 9.80. The molecule has 16 heavy (non-hydrogen) atoms.